The van der Waals surface area contributed by atoms with Crippen molar-refractivity contribution >= 4 is 17.4 Å². The zero-order valence-electron chi connectivity index (χ0n) is 11.0. The molecule has 1 aliphatic rings. The lowest BCUT2D eigenvalue weighted by Crippen LogP contribution is -2.30. The van der Waals surface area contributed by atoms with Crippen molar-refractivity contribution in [1.82, 2.24) is 9.97 Å². The molecule has 0 saturated carbocycles. The molecule has 0 amide bonds. The topological polar surface area (TPSA) is 73.1 Å². The molecular weight excluding hydrogens is 276 g/mol. The SMILES string of the molecule is COc1ncc(Cl)c(NC2c3ccccc3CC2N)n1. The molecule has 104 valence electrons. The highest BCUT2D eigenvalue weighted by Gasteiger charge is 2.30. The summed E-state index contributed by atoms with van der Waals surface area (Å²) in [6.45, 7) is 0. The van der Waals surface area contributed by atoms with Crippen LogP contribution in [0, 0.1) is 0 Å². The van der Waals surface area contributed by atoms with Gasteiger partial charge < -0.3 is 15.8 Å². The van der Waals surface area contributed by atoms with Crippen molar-refractivity contribution in [3.63, 3.8) is 0 Å². The number of nitrogens with two attached hydrogens (primary N) is 1. The Hall–Kier alpha value is -1.85. The third kappa shape index (κ3) is 2.30. The van der Waals surface area contributed by atoms with Gasteiger partial charge in [0.1, 0.15) is 5.02 Å². The lowest BCUT2D eigenvalue weighted by atomic mass is 10.1. The molecule has 0 aliphatic heterocycles. The van der Waals surface area contributed by atoms with E-state index in [1.54, 1.807) is 0 Å². The first kappa shape index (κ1) is 13.1. The molecule has 1 aliphatic carbocycles. The number of anilines is 1. The van der Waals surface area contributed by atoms with Crippen molar-refractivity contribution in [2.24, 2.45) is 5.73 Å². The van der Waals surface area contributed by atoms with Crippen molar-refractivity contribution in [2.75, 3.05) is 12.4 Å². The highest BCUT2D eigenvalue weighted by atomic mass is 35.5. The first-order chi connectivity index (χ1) is 9.69. The molecule has 20 heavy (non-hydrogen) atoms. The van der Waals surface area contributed by atoms with Crippen molar-refractivity contribution in [3.8, 4) is 6.01 Å². The number of benzene rings is 1. The monoisotopic (exact) mass is 290 g/mol. The number of hydrogen-bond donors (Lipinski definition) is 2. The van der Waals surface area contributed by atoms with Gasteiger partial charge in [-0.05, 0) is 17.5 Å². The van der Waals surface area contributed by atoms with Crippen LogP contribution in [0.1, 0.15) is 17.2 Å². The zero-order chi connectivity index (χ0) is 14.1. The molecule has 3 N–H and O–H groups in total. The van der Waals surface area contributed by atoms with E-state index in [0.29, 0.717) is 10.8 Å². The van der Waals surface area contributed by atoms with Gasteiger partial charge in [0.2, 0.25) is 0 Å². The molecular formula is C14H15ClN4O. The minimum atomic E-state index is -0.0108. The van der Waals surface area contributed by atoms with E-state index in [2.05, 4.69) is 27.4 Å². The van der Waals surface area contributed by atoms with Crippen molar-refractivity contribution in [3.05, 3.63) is 46.6 Å². The molecule has 0 spiro atoms. The highest BCUT2D eigenvalue weighted by Crippen LogP contribution is 2.34. The zero-order valence-corrected chi connectivity index (χ0v) is 11.8. The molecule has 1 aromatic carbocycles. The molecule has 6 heteroatoms. The van der Waals surface area contributed by atoms with Crippen LogP contribution in [0.5, 0.6) is 6.01 Å². The Labute approximate surface area is 122 Å². The number of nitrogens with zero attached hydrogens (tertiary/aromatic N) is 2. The molecule has 3 rings (SSSR count). The van der Waals surface area contributed by atoms with Gasteiger partial charge >= 0.3 is 6.01 Å². The van der Waals surface area contributed by atoms with Crippen LogP contribution in [0.15, 0.2) is 30.5 Å². The van der Waals surface area contributed by atoms with Gasteiger partial charge in [-0.1, -0.05) is 35.9 Å². The molecule has 0 radical (unpaired) electrons. The molecule has 0 fully saturated rings. The van der Waals surface area contributed by atoms with E-state index in [4.69, 9.17) is 22.1 Å². The number of methoxy groups -OCH3 is 1. The largest absolute Gasteiger partial charge is 0.467 e. The number of aromatic nitrogens is 2. The maximum Gasteiger partial charge on any atom is 0.318 e. The van der Waals surface area contributed by atoms with Crippen LogP contribution in [0.3, 0.4) is 0 Å². The number of nitrogens with one attached hydrogen (secondary N) is 1. The van der Waals surface area contributed by atoms with Gasteiger partial charge in [-0.3, -0.25) is 0 Å². The molecule has 1 aromatic heterocycles. The second kappa shape index (κ2) is 5.26. The smallest absolute Gasteiger partial charge is 0.318 e. The Morgan fingerprint density at radius 3 is 3.00 bits per heavy atom. The van der Waals surface area contributed by atoms with Crippen molar-refractivity contribution in [2.45, 2.75) is 18.5 Å². The van der Waals surface area contributed by atoms with E-state index < -0.39 is 0 Å². The fourth-order valence-electron chi connectivity index (χ4n) is 2.51. The molecule has 1 heterocycles. The lowest BCUT2D eigenvalue weighted by Gasteiger charge is -2.20. The van der Waals surface area contributed by atoms with Gasteiger partial charge in [-0.15, -0.1) is 0 Å². The molecule has 5 nitrogen and oxygen atoms in total. The minimum Gasteiger partial charge on any atom is -0.467 e. The van der Waals surface area contributed by atoms with Crippen LogP contribution >= 0.6 is 11.6 Å². The minimum absolute atomic E-state index is 0.00979. The van der Waals surface area contributed by atoms with Gasteiger partial charge in [-0.2, -0.15) is 4.98 Å². The predicted molar refractivity (Wildman–Crippen MR) is 78.1 cm³/mol. The van der Waals surface area contributed by atoms with Crippen LogP contribution in [0.2, 0.25) is 5.02 Å². The van der Waals surface area contributed by atoms with E-state index in [0.717, 1.165) is 6.42 Å². The van der Waals surface area contributed by atoms with E-state index in [9.17, 15) is 0 Å². The number of hydrogen-bond acceptors (Lipinski definition) is 5. The summed E-state index contributed by atoms with van der Waals surface area (Å²) in [4.78, 5) is 8.19. The van der Waals surface area contributed by atoms with Gasteiger partial charge in [0.05, 0.1) is 19.3 Å². The van der Waals surface area contributed by atoms with Gasteiger partial charge in [0.15, 0.2) is 5.82 Å². The van der Waals surface area contributed by atoms with Crippen LogP contribution in [0.25, 0.3) is 0 Å². The van der Waals surface area contributed by atoms with Crippen molar-refractivity contribution < 1.29 is 4.74 Å². The van der Waals surface area contributed by atoms with Gasteiger partial charge in [-0.25, -0.2) is 4.98 Å². The molecule has 0 bridgehead atoms. The highest BCUT2D eigenvalue weighted by molar-refractivity contribution is 6.32. The van der Waals surface area contributed by atoms with E-state index in [-0.39, 0.29) is 18.1 Å². The van der Waals surface area contributed by atoms with E-state index in [1.165, 1.54) is 24.4 Å². The Bertz CT molecular complexity index is 634. The number of ether oxygens (including phenoxy) is 1. The summed E-state index contributed by atoms with van der Waals surface area (Å²) in [5.41, 5.74) is 8.66. The average Bonchev–Trinajstić information content (AvgIpc) is 2.77. The van der Waals surface area contributed by atoms with Crippen LogP contribution in [-0.2, 0) is 6.42 Å². The Morgan fingerprint density at radius 2 is 2.20 bits per heavy atom. The number of halogens is 1. The summed E-state index contributed by atoms with van der Waals surface area (Å²) in [5, 5.41) is 3.75. The third-order valence-electron chi connectivity index (χ3n) is 3.47. The summed E-state index contributed by atoms with van der Waals surface area (Å²) in [6, 6.07) is 8.46. The Kier molecular flexibility index (Phi) is 3.46. The van der Waals surface area contributed by atoms with Gasteiger partial charge in [0, 0.05) is 6.04 Å². The van der Waals surface area contributed by atoms with E-state index >= 15 is 0 Å². The molecule has 2 aromatic rings. The number of fused-ring (bicyclic) bond motifs is 1. The molecule has 0 saturated heterocycles. The summed E-state index contributed by atoms with van der Waals surface area (Å²) in [7, 11) is 1.52. The maximum absolute atomic E-state index is 6.22. The fourth-order valence-corrected chi connectivity index (χ4v) is 2.65. The predicted octanol–water partition coefficient (Wildman–Crippen LogP) is 2.18. The average molecular weight is 291 g/mol. The second-order valence-electron chi connectivity index (χ2n) is 4.74. The molecule has 2 unspecified atom stereocenters. The summed E-state index contributed by atoms with van der Waals surface area (Å²) >= 11 is 6.12. The standard InChI is InChI=1S/C14H15ClN4O/c1-20-14-17-7-10(15)13(19-14)18-12-9-5-3-2-4-8(9)6-11(12)16/h2-5,7,11-12H,6,16H2,1H3,(H,17,18,19). The normalized spacial score (nSPS) is 20.6. The maximum atomic E-state index is 6.22. The second-order valence-corrected chi connectivity index (χ2v) is 5.15. The quantitative estimate of drug-likeness (QED) is 0.906. The van der Waals surface area contributed by atoms with Crippen molar-refractivity contribution in [1.29, 1.82) is 0 Å². The van der Waals surface area contributed by atoms with Crippen LogP contribution in [0.4, 0.5) is 5.82 Å². The van der Waals surface area contributed by atoms with Crippen LogP contribution < -0.4 is 15.8 Å². The number of rotatable bonds is 3. The first-order valence-electron chi connectivity index (χ1n) is 6.35. The Balaban J connectivity index is 1.92. The summed E-state index contributed by atoms with van der Waals surface area (Å²) in [6.07, 6.45) is 2.36. The lowest BCUT2D eigenvalue weighted by molar-refractivity contribution is 0.380. The summed E-state index contributed by atoms with van der Waals surface area (Å²) in [5.74, 6) is 0.538. The first-order valence-corrected chi connectivity index (χ1v) is 6.73. The molecule has 2 atom stereocenters. The Morgan fingerprint density at radius 1 is 1.40 bits per heavy atom. The van der Waals surface area contributed by atoms with E-state index in [1.807, 2.05) is 12.1 Å². The van der Waals surface area contributed by atoms with Gasteiger partial charge in [0.25, 0.3) is 0 Å². The summed E-state index contributed by atoms with van der Waals surface area (Å²) < 4.78 is 5.02. The van der Waals surface area contributed by atoms with Crippen LogP contribution in [-0.4, -0.2) is 23.1 Å². The third-order valence-corrected chi connectivity index (χ3v) is 3.75. The fraction of sp³-hybridized carbons (Fsp3) is 0.286.